The molecule has 3 rings (SSSR count). The highest BCUT2D eigenvalue weighted by atomic mass is 16.6. The molecule has 8 nitrogen and oxygen atoms in total. The van der Waals surface area contributed by atoms with Crippen LogP contribution in [0.4, 0.5) is 16.2 Å². The van der Waals surface area contributed by atoms with E-state index in [0.717, 1.165) is 29.8 Å². The summed E-state index contributed by atoms with van der Waals surface area (Å²) in [6.45, 7) is 7.26. The van der Waals surface area contributed by atoms with E-state index in [1.165, 1.54) is 0 Å². The Morgan fingerprint density at radius 3 is 2.70 bits per heavy atom. The van der Waals surface area contributed by atoms with Gasteiger partial charge in [-0.2, -0.15) is 5.10 Å². The van der Waals surface area contributed by atoms with Crippen molar-refractivity contribution in [3.63, 3.8) is 0 Å². The van der Waals surface area contributed by atoms with Gasteiger partial charge in [0, 0.05) is 20.1 Å². The fraction of sp³-hybridized carbons (Fsp3) is 0.533. The lowest BCUT2D eigenvalue weighted by molar-refractivity contribution is 0.0636. The number of aromatic nitrogens is 3. The van der Waals surface area contributed by atoms with Gasteiger partial charge in [0.1, 0.15) is 5.60 Å². The monoisotopic (exact) mass is 318 g/mol. The van der Waals surface area contributed by atoms with Crippen molar-refractivity contribution in [1.29, 1.82) is 0 Å². The fourth-order valence-electron chi connectivity index (χ4n) is 2.49. The minimum atomic E-state index is -0.552. The van der Waals surface area contributed by atoms with Crippen molar-refractivity contribution in [3.05, 3.63) is 12.4 Å². The summed E-state index contributed by atoms with van der Waals surface area (Å²) in [5.41, 5.74) is 1.60. The normalized spacial score (nSPS) is 15.3. The molecule has 0 unspecified atom stereocenters. The zero-order valence-electron chi connectivity index (χ0n) is 13.8. The second-order valence-electron chi connectivity index (χ2n) is 6.56. The predicted molar refractivity (Wildman–Crippen MR) is 88.8 cm³/mol. The Balaban J connectivity index is 1.91. The highest BCUT2D eigenvalue weighted by Crippen LogP contribution is 2.31. The summed E-state index contributed by atoms with van der Waals surface area (Å²) in [7, 11) is 1.80. The summed E-state index contributed by atoms with van der Waals surface area (Å²) in [6.07, 6.45) is 2.89. The van der Waals surface area contributed by atoms with E-state index in [1.54, 1.807) is 19.4 Å². The third-order valence-electron chi connectivity index (χ3n) is 3.62. The van der Waals surface area contributed by atoms with Gasteiger partial charge in [-0.15, -0.1) is 0 Å². The first kappa shape index (κ1) is 15.5. The average molecular weight is 318 g/mol. The molecule has 0 atom stereocenters. The van der Waals surface area contributed by atoms with Gasteiger partial charge >= 0.3 is 6.09 Å². The smallest absolute Gasteiger partial charge is 0.412 e. The van der Waals surface area contributed by atoms with Gasteiger partial charge in [0.05, 0.1) is 35.2 Å². The van der Waals surface area contributed by atoms with Crippen molar-refractivity contribution in [3.8, 4) is 0 Å². The molecule has 1 amide bonds. The second kappa shape index (κ2) is 5.69. The number of hydrogen-bond donors (Lipinski definition) is 3. The van der Waals surface area contributed by atoms with E-state index in [0.29, 0.717) is 11.7 Å². The summed E-state index contributed by atoms with van der Waals surface area (Å²) >= 11 is 0. The lowest BCUT2D eigenvalue weighted by atomic mass is 10.2. The predicted octanol–water partition coefficient (Wildman–Crippen LogP) is 1.96. The van der Waals surface area contributed by atoms with Crippen LogP contribution in [-0.2, 0) is 4.74 Å². The van der Waals surface area contributed by atoms with Crippen LogP contribution in [0.1, 0.15) is 26.8 Å². The molecule has 1 aliphatic heterocycles. The molecule has 1 fully saturated rings. The van der Waals surface area contributed by atoms with Gasteiger partial charge in [0.15, 0.2) is 5.65 Å². The largest absolute Gasteiger partial charge is 0.444 e. The van der Waals surface area contributed by atoms with Gasteiger partial charge in [-0.05, 0) is 20.8 Å². The SMILES string of the molecule is CNc1c(NC(=O)OC(C)(C)C)cnc2c1cnn2C1CNC1. The summed E-state index contributed by atoms with van der Waals surface area (Å²) in [5.74, 6) is 0. The van der Waals surface area contributed by atoms with Crippen LogP contribution in [0.15, 0.2) is 12.4 Å². The minimum absolute atomic E-state index is 0.328. The van der Waals surface area contributed by atoms with Crippen LogP contribution in [0.2, 0.25) is 0 Å². The zero-order chi connectivity index (χ0) is 16.6. The molecular weight excluding hydrogens is 296 g/mol. The zero-order valence-corrected chi connectivity index (χ0v) is 13.8. The van der Waals surface area contributed by atoms with Crippen molar-refractivity contribution in [1.82, 2.24) is 20.1 Å². The molecule has 0 aliphatic carbocycles. The van der Waals surface area contributed by atoms with Crippen LogP contribution in [0.5, 0.6) is 0 Å². The summed E-state index contributed by atoms with van der Waals surface area (Å²) in [6, 6.07) is 0.328. The van der Waals surface area contributed by atoms with E-state index in [2.05, 4.69) is 26.0 Å². The van der Waals surface area contributed by atoms with Crippen LogP contribution < -0.4 is 16.0 Å². The van der Waals surface area contributed by atoms with Crippen molar-refractivity contribution in [2.75, 3.05) is 30.8 Å². The molecule has 0 radical (unpaired) electrons. The van der Waals surface area contributed by atoms with Gasteiger partial charge in [0.25, 0.3) is 0 Å². The van der Waals surface area contributed by atoms with Crippen molar-refractivity contribution in [2.24, 2.45) is 0 Å². The third-order valence-corrected chi connectivity index (χ3v) is 3.62. The third kappa shape index (κ3) is 3.07. The molecular formula is C15H22N6O2. The van der Waals surface area contributed by atoms with Crippen LogP contribution >= 0.6 is 0 Å². The van der Waals surface area contributed by atoms with Crippen LogP contribution in [0.3, 0.4) is 0 Å². The topological polar surface area (TPSA) is 93.1 Å². The number of carbonyl (C=O) groups is 1. The summed E-state index contributed by atoms with van der Waals surface area (Å²) in [4.78, 5) is 16.4. The molecule has 1 saturated heterocycles. The van der Waals surface area contributed by atoms with E-state index < -0.39 is 11.7 Å². The highest BCUT2D eigenvalue weighted by Gasteiger charge is 2.24. The maximum Gasteiger partial charge on any atom is 0.412 e. The molecule has 124 valence electrons. The number of hydrogen-bond acceptors (Lipinski definition) is 6. The number of ether oxygens (including phenoxy) is 1. The number of anilines is 2. The van der Waals surface area contributed by atoms with E-state index in [1.807, 2.05) is 25.5 Å². The maximum atomic E-state index is 12.0. The van der Waals surface area contributed by atoms with Crippen molar-refractivity contribution in [2.45, 2.75) is 32.4 Å². The lowest BCUT2D eigenvalue weighted by Crippen LogP contribution is -2.43. The number of pyridine rings is 1. The van der Waals surface area contributed by atoms with E-state index in [4.69, 9.17) is 4.74 Å². The van der Waals surface area contributed by atoms with Gasteiger partial charge in [-0.25, -0.2) is 14.5 Å². The first-order valence-electron chi connectivity index (χ1n) is 7.64. The maximum absolute atomic E-state index is 12.0. The Labute approximate surface area is 134 Å². The second-order valence-corrected chi connectivity index (χ2v) is 6.56. The summed E-state index contributed by atoms with van der Waals surface area (Å²) < 4.78 is 7.21. The number of nitrogens with one attached hydrogen (secondary N) is 3. The number of amides is 1. The summed E-state index contributed by atoms with van der Waals surface area (Å²) in [5, 5.41) is 14.4. The molecule has 3 heterocycles. The quantitative estimate of drug-likeness (QED) is 0.801. The Bertz CT molecular complexity index is 729. The number of nitrogens with zero attached hydrogens (tertiary/aromatic N) is 3. The molecule has 2 aromatic rings. The molecule has 0 aromatic carbocycles. The molecule has 23 heavy (non-hydrogen) atoms. The van der Waals surface area contributed by atoms with E-state index >= 15 is 0 Å². The molecule has 0 bridgehead atoms. The van der Waals surface area contributed by atoms with Crippen molar-refractivity contribution >= 4 is 28.5 Å². The van der Waals surface area contributed by atoms with Crippen LogP contribution in [0, 0.1) is 0 Å². The molecule has 0 spiro atoms. The lowest BCUT2D eigenvalue weighted by Gasteiger charge is -2.27. The molecule has 8 heteroatoms. The number of rotatable bonds is 3. The molecule has 1 aliphatic rings. The number of fused-ring (bicyclic) bond motifs is 1. The Morgan fingerprint density at radius 2 is 2.13 bits per heavy atom. The molecule has 3 N–H and O–H groups in total. The minimum Gasteiger partial charge on any atom is -0.444 e. The standard InChI is InChI=1S/C15H22N6O2/c1-15(2,3)23-14(22)20-11-8-18-13-10(12(11)16-4)7-19-21(13)9-5-17-6-9/h7-9,17H,5-6H2,1-4H3,(H,16,18)(H,20,22). The molecule has 0 saturated carbocycles. The molecule has 2 aromatic heterocycles. The van der Waals surface area contributed by atoms with Crippen molar-refractivity contribution < 1.29 is 9.53 Å². The van der Waals surface area contributed by atoms with E-state index in [-0.39, 0.29) is 0 Å². The number of carbonyl (C=O) groups excluding carboxylic acids is 1. The highest BCUT2D eigenvalue weighted by molar-refractivity contribution is 6.00. The Kier molecular flexibility index (Phi) is 3.85. The van der Waals surface area contributed by atoms with Gasteiger partial charge in [0.2, 0.25) is 0 Å². The van der Waals surface area contributed by atoms with Gasteiger partial charge in [-0.3, -0.25) is 5.32 Å². The Morgan fingerprint density at radius 1 is 1.39 bits per heavy atom. The van der Waals surface area contributed by atoms with Crippen LogP contribution in [-0.4, -0.2) is 46.6 Å². The van der Waals surface area contributed by atoms with Crippen LogP contribution in [0.25, 0.3) is 11.0 Å². The van der Waals surface area contributed by atoms with Gasteiger partial charge < -0.3 is 15.4 Å². The first-order chi connectivity index (χ1) is 10.9. The fourth-order valence-corrected chi connectivity index (χ4v) is 2.49. The first-order valence-corrected chi connectivity index (χ1v) is 7.64. The average Bonchev–Trinajstić information content (AvgIpc) is 2.78. The Hall–Kier alpha value is -2.35. The van der Waals surface area contributed by atoms with Gasteiger partial charge in [-0.1, -0.05) is 0 Å². The van der Waals surface area contributed by atoms with E-state index in [9.17, 15) is 4.79 Å².